The fourth-order valence-corrected chi connectivity index (χ4v) is 2.36. The first-order chi connectivity index (χ1) is 11.9. The first kappa shape index (κ1) is 20.9. The average molecular weight is 346 g/mol. The van der Waals surface area contributed by atoms with Gasteiger partial charge in [-0.2, -0.15) is 0 Å². The summed E-state index contributed by atoms with van der Waals surface area (Å²) in [7, 11) is 0. The van der Waals surface area contributed by atoms with Crippen molar-refractivity contribution >= 4 is 18.0 Å². The summed E-state index contributed by atoms with van der Waals surface area (Å²) in [6.45, 7) is 8.19. The van der Waals surface area contributed by atoms with Gasteiger partial charge in [-0.15, -0.1) is 0 Å². The monoisotopic (exact) mass is 346 g/mol. The molecule has 4 nitrogen and oxygen atoms in total. The molecule has 0 saturated heterocycles. The molecule has 0 aliphatic rings. The van der Waals surface area contributed by atoms with Crippen LogP contribution in [0.25, 0.3) is 6.08 Å². The smallest absolute Gasteiger partial charge is 0.331 e. The zero-order chi connectivity index (χ0) is 18.7. The van der Waals surface area contributed by atoms with Gasteiger partial charge in [0.15, 0.2) is 0 Å². The van der Waals surface area contributed by atoms with Gasteiger partial charge in [-0.3, -0.25) is 4.79 Å². The highest BCUT2D eigenvalue weighted by Crippen LogP contribution is 2.19. The summed E-state index contributed by atoms with van der Waals surface area (Å²) >= 11 is 0. The molecule has 0 N–H and O–H groups in total. The number of carbonyl (C=O) groups is 2. The topological polar surface area (TPSA) is 52.6 Å². The van der Waals surface area contributed by atoms with Crippen LogP contribution in [0.5, 0.6) is 0 Å². The van der Waals surface area contributed by atoms with Crippen molar-refractivity contribution in [3.63, 3.8) is 0 Å². The van der Waals surface area contributed by atoms with E-state index in [1.165, 1.54) is 6.08 Å². The molecule has 0 aliphatic heterocycles. The molecule has 25 heavy (non-hydrogen) atoms. The van der Waals surface area contributed by atoms with E-state index in [0.29, 0.717) is 13.0 Å². The maximum atomic E-state index is 12.3. The minimum atomic E-state index is -0.515. The van der Waals surface area contributed by atoms with Crippen LogP contribution in [0.1, 0.15) is 52.5 Å². The van der Waals surface area contributed by atoms with Crippen LogP contribution in [0.2, 0.25) is 0 Å². The van der Waals surface area contributed by atoms with Crippen LogP contribution in [-0.2, 0) is 19.1 Å². The number of carbonyl (C=O) groups excluding carboxylic acids is 2. The largest absolute Gasteiger partial charge is 0.465 e. The van der Waals surface area contributed by atoms with Gasteiger partial charge < -0.3 is 9.47 Å². The van der Waals surface area contributed by atoms with Gasteiger partial charge >= 0.3 is 11.9 Å². The van der Waals surface area contributed by atoms with Crippen molar-refractivity contribution in [2.75, 3.05) is 6.61 Å². The van der Waals surface area contributed by atoms with Crippen molar-refractivity contribution in [1.82, 2.24) is 0 Å². The van der Waals surface area contributed by atoms with E-state index in [1.807, 2.05) is 44.2 Å². The predicted molar refractivity (Wildman–Crippen MR) is 99.8 cm³/mol. The summed E-state index contributed by atoms with van der Waals surface area (Å²) in [6.07, 6.45) is 5.10. The molecule has 0 radical (unpaired) electrons. The number of ether oxygens (including phenoxy) is 2. The van der Waals surface area contributed by atoms with Crippen molar-refractivity contribution in [3.05, 3.63) is 42.0 Å². The minimum Gasteiger partial charge on any atom is -0.465 e. The Hall–Kier alpha value is -2.10. The van der Waals surface area contributed by atoms with Gasteiger partial charge in [-0.25, -0.2) is 4.79 Å². The molecular formula is C21H30O4. The van der Waals surface area contributed by atoms with E-state index in [0.717, 1.165) is 18.4 Å². The molecule has 0 fully saturated rings. The van der Waals surface area contributed by atoms with E-state index in [1.54, 1.807) is 13.0 Å². The van der Waals surface area contributed by atoms with Gasteiger partial charge in [0.1, 0.15) is 6.10 Å². The van der Waals surface area contributed by atoms with Gasteiger partial charge in [-0.05, 0) is 30.9 Å². The van der Waals surface area contributed by atoms with Crippen LogP contribution in [0.15, 0.2) is 36.4 Å². The molecule has 1 aromatic rings. The molecule has 0 aliphatic carbocycles. The molecule has 0 spiro atoms. The van der Waals surface area contributed by atoms with E-state index < -0.39 is 18.0 Å². The molecular weight excluding hydrogens is 316 g/mol. The van der Waals surface area contributed by atoms with Gasteiger partial charge in [0.2, 0.25) is 0 Å². The second-order valence-corrected chi connectivity index (χ2v) is 6.66. The second-order valence-electron chi connectivity index (χ2n) is 6.66. The van der Waals surface area contributed by atoms with E-state index >= 15 is 0 Å². The summed E-state index contributed by atoms with van der Waals surface area (Å²) in [5.74, 6) is -0.876. The van der Waals surface area contributed by atoms with Crippen LogP contribution in [0.4, 0.5) is 0 Å². The second kappa shape index (κ2) is 11.5. The zero-order valence-electron chi connectivity index (χ0n) is 15.7. The molecule has 0 heterocycles. The molecule has 0 bridgehead atoms. The highest BCUT2D eigenvalue weighted by Gasteiger charge is 2.28. The molecule has 138 valence electrons. The lowest BCUT2D eigenvalue weighted by Gasteiger charge is -2.22. The summed E-state index contributed by atoms with van der Waals surface area (Å²) < 4.78 is 10.8. The van der Waals surface area contributed by atoms with Gasteiger partial charge in [0, 0.05) is 6.08 Å². The molecule has 0 saturated carbocycles. The quantitative estimate of drug-likeness (QED) is 0.457. The Morgan fingerprint density at radius 1 is 1.12 bits per heavy atom. The number of benzene rings is 1. The Kier molecular flexibility index (Phi) is 9.60. The third-order valence-corrected chi connectivity index (χ3v) is 3.81. The summed E-state index contributed by atoms with van der Waals surface area (Å²) in [4.78, 5) is 24.4. The number of rotatable bonds is 10. The van der Waals surface area contributed by atoms with E-state index in [4.69, 9.17) is 9.47 Å². The number of esters is 2. The average Bonchev–Trinajstić information content (AvgIpc) is 2.59. The SMILES string of the molecule is CCCCC(C(=O)OCC(C)C)C(C)OC(=O)/C=C/c1ccccc1. The highest BCUT2D eigenvalue weighted by atomic mass is 16.6. The Morgan fingerprint density at radius 2 is 1.80 bits per heavy atom. The number of hydrogen-bond donors (Lipinski definition) is 0. The van der Waals surface area contributed by atoms with Gasteiger partial charge in [0.25, 0.3) is 0 Å². The maximum Gasteiger partial charge on any atom is 0.331 e. The Morgan fingerprint density at radius 3 is 2.40 bits per heavy atom. The molecule has 2 atom stereocenters. The van der Waals surface area contributed by atoms with Crippen molar-refractivity contribution in [3.8, 4) is 0 Å². The summed E-state index contributed by atoms with van der Waals surface area (Å²) in [6, 6.07) is 9.53. The zero-order valence-corrected chi connectivity index (χ0v) is 15.7. The van der Waals surface area contributed by atoms with Crippen LogP contribution in [0, 0.1) is 11.8 Å². The first-order valence-corrected chi connectivity index (χ1v) is 9.04. The van der Waals surface area contributed by atoms with E-state index in [-0.39, 0.29) is 11.9 Å². The van der Waals surface area contributed by atoms with Crippen LogP contribution < -0.4 is 0 Å². The van der Waals surface area contributed by atoms with Gasteiger partial charge in [0.05, 0.1) is 12.5 Å². The van der Waals surface area contributed by atoms with Crippen LogP contribution >= 0.6 is 0 Å². The van der Waals surface area contributed by atoms with Crippen molar-refractivity contribution in [2.45, 2.75) is 53.1 Å². The third kappa shape index (κ3) is 8.52. The normalized spacial score (nSPS) is 13.6. The fraction of sp³-hybridized carbons (Fsp3) is 0.524. The van der Waals surface area contributed by atoms with Crippen LogP contribution in [-0.4, -0.2) is 24.6 Å². The Balaban J connectivity index is 2.63. The molecule has 0 amide bonds. The predicted octanol–water partition coefficient (Wildman–Crippen LogP) is 4.64. The van der Waals surface area contributed by atoms with Crippen molar-refractivity contribution < 1.29 is 19.1 Å². The maximum absolute atomic E-state index is 12.3. The standard InChI is InChI=1S/C21H30O4/c1-5-6-12-19(21(23)24-15-16(2)3)17(4)25-20(22)14-13-18-10-8-7-9-11-18/h7-11,13-14,16-17,19H,5-6,12,15H2,1-4H3/b14-13+. The Bertz CT molecular complexity index is 548. The van der Waals surface area contributed by atoms with Gasteiger partial charge in [-0.1, -0.05) is 63.9 Å². The third-order valence-electron chi connectivity index (χ3n) is 3.81. The lowest BCUT2D eigenvalue weighted by molar-refractivity contribution is -0.159. The fourth-order valence-electron chi connectivity index (χ4n) is 2.36. The number of unbranched alkanes of at least 4 members (excludes halogenated alkanes) is 1. The van der Waals surface area contributed by atoms with Crippen molar-refractivity contribution in [1.29, 1.82) is 0 Å². The summed E-state index contributed by atoms with van der Waals surface area (Å²) in [5, 5.41) is 0. The summed E-state index contributed by atoms with van der Waals surface area (Å²) in [5.41, 5.74) is 0.922. The molecule has 1 aromatic carbocycles. The number of hydrogen-bond acceptors (Lipinski definition) is 4. The molecule has 2 unspecified atom stereocenters. The van der Waals surface area contributed by atoms with Crippen LogP contribution in [0.3, 0.4) is 0 Å². The lowest BCUT2D eigenvalue weighted by Crippen LogP contribution is -2.32. The lowest BCUT2D eigenvalue weighted by atomic mass is 9.97. The molecule has 4 heteroatoms. The molecule has 1 rings (SSSR count). The highest BCUT2D eigenvalue weighted by molar-refractivity contribution is 5.87. The van der Waals surface area contributed by atoms with Crippen molar-refractivity contribution in [2.24, 2.45) is 11.8 Å². The first-order valence-electron chi connectivity index (χ1n) is 9.04. The molecule has 0 aromatic heterocycles. The van der Waals surface area contributed by atoms with E-state index in [9.17, 15) is 9.59 Å². The minimum absolute atomic E-state index is 0.280. The Labute approximate surface area is 151 Å². The van der Waals surface area contributed by atoms with E-state index in [2.05, 4.69) is 6.92 Å².